The highest BCUT2D eigenvalue weighted by molar-refractivity contribution is 5.74. The molecule has 4 aromatic rings. The van der Waals surface area contributed by atoms with Gasteiger partial charge in [-0.1, -0.05) is 31.2 Å². The number of anilines is 2. The van der Waals surface area contributed by atoms with E-state index in [0.29, 0.717) is 17.4 Å². The molecule has 1 unspecified atom stereocenters. The molecule has 0 bridgehead atoms. The molecular formula is C25H27N5O2. The first kappa shape index (κ1) is 21.4. The molecule has 0 spiro atoms. The molecule has 0 saturated heterocycles. The maximum absolute atomic E-state index is 10.1. The second kappa shape index (κ2) is 9.53. The number of benzene rings is 2. The van der Waals surface area contributed by atoms with Crippen LogP contribution in [0.15, 0.2) is 66.9 Å². The van der Waals surface area contributed by atoms with Gasteiger partial charge in [0.2, 0.25) is 0 Å². The largest absolute Gasteiger partial charge is 0.508 e. The normalized spacial score (nSPS) is 11.9. The molecule has 0 radical (unpaired) electrons. The van der Waals surface area contributed by atoms with Gasteiger partial charge < -0.3 is 20.8 Å². The van der Waals surface area contributed by atoms with Gasteiger partial charge in [-0.2, -0.15) is 5.10 Å². The van der Waals surface area contributed by atoms with Gasteiger partial charge in [0.25, 0.3) is 0 Å². The summed E-state index contributed by atoms with van der Waals surface area (Å²) in [5, 5.41) is 33.6. The molecule has 0 aliphatic carbocycles. The van der Waals surface area contributed by atoms with Gasteiger partial charge in [0.1, 0.15) is 11.5 Å². The van der Waals surface area contributed by atoms with Crippen molar-refractivity contribution in [3.8, 4) is 33.9 Å². The van der Waals surface area contributed by atoms with Gasteiger partial charge in [-0.25, -0.2) is 0 Å². The third-order valence-electron chi connectivity index (χ3n) is 5.41. The van der Waals surface area contributed by atoms with Gasteiger partial charge in [0.05, 0.1) is 23.3 Å². The molecular weight excluding hydrogens is 402 g/mol. The molecule has 0 saturated carbocycles. The van der Waals surface area contributed by atoms with E-state index in [2.05, 4.69) is 39.7 Å². The summed E-state index contributed by atoms with van der Waals surface area (Å²) in [6, 6.07) is 18.7. The number of nitrogens with one attached hydrogen (secondary N) is 3. The number of aromatic nitrogens is 3. The van der Waals surface area contributed by atoms with Crippen molar-refractivity contribution in [1.29, 1.82) is 0 Å². The molecule has 7 heteroatoms. The highest BCUT2D eigenvalue weighted by Gasteiger charge is 2.08. The highest BCUT2D eigenvalue weighted by atomic mass is 16.3. The van der Waals surface area contributed by atoms with Crippen LogP contribution in [0.4, 0.5) is 11.5 Å². The van der Waals surface area contributed by atoms with E-state index in [1.165, 1.54) is 6.07 Å². The van der Waals surface area contributed by atoms with E-state index in [1.807, 2.05) is 42.5 Å². The molecule has 0 amide bonds. The van der Waals surface area contributed by atoms with Crippen molar-refractivity contribution >= 4 is 11.5 Å². The zero-order valence-corrected chi connectivity index (χ0v) is 18.1. The van der Waals surface area contributed by atoms with Gasteiger partial charge in [0, 0.05) is 30.3 Å². The van der Waals surface area contributed by atoms with E-state index < -0.39 is 0 Å². The van der Waals surface area contributed by atoms with Crippen LogP contribution in [0.3, 0.4) is 0 Å². The van der Waals surface area contributed by atoms with Crippen LogP contribution >= 0.6 is 0 Å². The van der Waals surface area contributed by atoms with Crippen LogP contribution in [-0.4, -0.2) is 31.4 Å². The molecule has 0 aliphatic rings. The summed E-state index contributed by atoms with van der Waals surface area (Å²) in [4.78, 5) is 4.50. The van der Waals surface area contributed by atoms with E-state index in [0.717, 1.165) is 41.2 Å². The number of phenols is 2. The van der Waals surface area contributed by atoms with Crippen LogP contribution in [-0.2, 0) is 6.54 Å². The Morgan fingerprint density at radius 1 is 0.969 bits per heavy atom. The van der Waals surface area contributed by atoms with E-state index in [9.17, 15) is 10.2 Å². The van der Waals surface area contributed by atoms with Crippen molar-refractivity contribution in [2.45, 2.75) is 32.9 Å². The number of hydrogen-bond donors (Lipinski definition) is 5. The fourth-order valence-corrected chi connectivity index (χ4v) is 3.30. The zero-order valence-electron chi connectivity index (χ0n) is 18.1. The monoisotopic (exact) mass is 429 g/mol. The molecule has 4 rings (SSSR count). The van der Waals surface area contributed by atoms with Crippen molar-refractivity contribution in [1.82, 2.24) is 20.5 Å². The molecule has 32 heavy (non-hydrogen) atoms. The highest BCUT2D eigenvalue weighted by Crippen LogP contribution is 2.33. The quantitative estimate of drug-likeness (QED) is 0.264. The van der Waals surface area contributed by atoms with Crippen molar-refractivity contribution in [2.24, 2.45) is 0 Å². The minimum Gasteiger partial charge on any atom is -0.508 e. The van der Waals surface area contributed by atoms with Crippen LogP contribution in [0, 0.1) is 0 Å². The summed E-state index contributed by atoms with van der Waals surface area (Å²) in [5.41, 5.74) is 5.23. The molecule has 0 aliphatic heterocycles. The Balaban J connectivity index is 1.41. The number of nitrogens with zero attached hydrogens (tertiary/aromatic N) is 2. The number of pyridine rings is 1. The van der Waals surface area contributed by atoms with Gasteiger partial charge in [0.15, 0.2) is 5.82 Å². The lowest BCUT2D eigenvalue weighted by Crippen LogP contribution is -2.24. The minimum absolute atomic E-state index is 0.0351. The Labute approximate surface area is 187 Å². The topological polar surface area (TPSA) is 106 Å². The number of aromatic hydroxyl groups is 2. The van der Waals surface area contributed by atoms with Crippen molar-refractivity contribution < 1.29 is 10.2 Å². The van der Waals surface area contributed by atoms with Gasteiger partial charge in [-0.05, 0) is 48.7 Å². The summed E-state index contributed by atoms with van der Waals surface area (Å²) < 4.78 is 0. The first-order chi connectivity index (χ1) is 15.5. The molecule has 0 fully saturated rings. The Morgan fingerprint density at radius 3 is 2.44 bits per heavy atom. The Kier molecular flexibility index (Phi) is 6.37. The molecule has 7 nitrogen and oxygen atoms in total. The maximum atomic E-state index is 10.1. The summed E-state index contributed by atoms with van der Waals surface area (Å²) in [7, 11) is 0. The van der Waals surface area contributed by atoms with Crippen molar-refractivity contribution in [3.05, 3.63) is 72.6 Å². The van der Waals surface area contributed by atoms with Crippen LogP contribution in [0.25, 0.3) is 22.4 Å². The lowest BCUT2D eigenvalue weighted by Gasteiger charge is -2.10. The zero-order chi connectivity index (χ0) is 22.5. The lowest BCUT2D eigenvalue weighted by molar-refractivity contribution is 0.452. The number of hydrogen-bond acceptors (Lipinski definition) is 6. The van der Waals surface area contributed by atoms with Gasteiger partial charge >= 0.3 is 0 Å². The first-order valence-corrected chi connectivity index (χ1v) is 10.7. The number of rotatable bonds is 8. The second-order valence-electron chi connectivity index (χ2n) is 7.80. The van der Waals surface area contributed by atoms with Crippen LogP contribution in [0.5, 0.6) is 11.5 Å². The molecule has 2 aromatic heterocycles. The predicted molar refractivity (Wildman–Crippen MR) is 127 cm³/mol. The fraction of sp³-hybridized carbons (Fsp3) is 0.200. The van der Waals surface area contributed by atoms with E-state index in [-0.39, 0.29) is 11.5 Å². The van der Waals surface area contributed by atoms with Crippen molar-refractivity contribution in [2.75, 3.05) is 5.32 Å². The number of phenolic OH excluding ortho intramolecular Hbond substituents is 2. The number of H-pyrrole nitrogens is 1. The summed E-state index contributed by atoms with van der Waals surface area (Å²) in [5.74, 6) is 0.779. The van der Waals surface area contributed by atoms with E-state index in [4.69, 9.17) is 0 Å². The third kappa shape index (κ3) is 5.07. The maximum Gasteiger partial charge on any atom is 0.152 e. The average molecular weight is 430 g/mol. The van der Waals surface area contributed by atoms with Crippen LogP contribution in [0.1, 0.15) is 26.0 Å². The SMILES string of the molecule is CCC(C)NCc1ccc(Nc2cc(-c3ccc(-c4ccc(O)cc4O)cc3)[nH]n2)cn1. The third-order valence-corrected chi connectivity index (χ3v) is 5.41. The summed E-state index contributed by atoms with van der Waals surface area (Å²) >= 11 is 0. The van der Waals surface area contributed by atoms with Gasteiger partial charge in [-0.3, -0.25) is 10.1 Å². The molecule has 2 aromatic carbocycles. The minimum atomic E-state index is 0.0351. The molecule has 164 valence electrons. The number of aromatic amines is 1. The van der Waals surface area contributed by atoms with E-state index in [1.54, 1.807) is 18.3 Å². The summed E-state index contributed by atoms with van der Waals surface area (Å²) in [6.07, 6.45) is 2.89. The standard InChI is InChI=1S/C25H27N5O2/c1-3-16(2)26-14-19-8-9-20(15-27-19)28-25-13-23(29-30-25)18-6-4-17(5-7-18)22-11-10-21(31)12-24(22)32/h4-13,15-16,26,31-32H,3,14H2,1-2H3,(H2,28,29,30). The van der Waals surface area contributed by atoms with E-state index >= 15 is 0 Å². The molecule has 2 heterocycles. The Hall–Kier alpha value is -3.84. The predicted octanol–water partition coefficient (Wildman–Crippen LogP) is 5.18. The smallest absolute Gasteiger partial charge is 0.152 e. The van der Waals surface area contributed by atoms with Crippen LogP contribution < -0.4 is 10.6 Å². The van der Waals surface area contributed by atoms with Crippen molar-refractivity contribution in [3.63, 3.8) is 0 Å². The summed E-state index contributed by atoms with van der Waals surface area (Å²) in [6.45, 7) is 5.07. The molecule has 1 atom stereocenters. The second-order valence-corrected chi connectivity index (χ2v) is 7.80. The molecule has 5 N–H and O–H groups in total. The van der Waals surface area contributed by atoms with Gasteiger partial charge in [-0.15, -0.1) is 0 Å². The van der Waals surface area contributed by atoms with Crippen LogP contribution in [0.2, 0.25) is 0 Å². The lowest BCUT2D eigenvalue weighted by atomic mass is 10.0. The fourth-order valence-electron chi connectivity index (χ4n) is 3.30. The first-order valence-electron chi connectivity index (χ1n) is 10.7. The average Bonchev–Trinajstić information content (AvgIpc) is 3.27. The Morgan fingerprint density at radius 2 is 1.75 bits per heavy atom. The Bertz CT molecular complexity index is 1170.